The van der Waals surface area contributed by atoms with Gasteiger partial charge in [0.05, 0.1) is 35.6 Å². The number of anilines is 2. The van der Waals surface area contributed by atoms with Crippen LogP contribution in [-0.4, -0.2) is 20.3 Å². The van der Waals surface area contributed by atoms with Gasteiger partial charge in [0.1, 0.15) is 11.5 Å². The van der Waals surface area contributed by atoms with Crippen LogP contribution in [0.15, 0.2) is 36.4 Å². The lowest BCUT2D eigenvalue weighted by molar-refractivity contribution is 0.262. The third-order valence-corrected chi connectivity index (χ3v) is 3.49. The van der Waals surface area contributed by atoms with Crippen molar-refractivity contribution in [1.29, 1.82) is 0 Å². The molecule has 22 heavy (non-hydrogen) atoms. The molecule has 0 aliphatic rings. The van der Waals surface area contributed by atoms with Crippen molar-refractivity contribution in [3.8, 4) is 11.5 Å². The number of carbonyl (C=O) groups excluding carboxylic acids is 1. The SMILES string of the molecule is COc1ccc(OC)c(NC(=O)Nc2c(Cl)cccc2Cl)c1. The van der Waals surface area contributed by atoms with E-state index in [0.717, 1.165) is 0 Å². The summed E-state index contributed by atoms with van der Waals surface area (Å²) >= 11 is 12.0. The number of amides is 2. The van der Waals surface area contributed by atoms with Crippen LogP contribution in [0.25, 0.3) is 0 Å². The number of benzene rings is 2. The number of rotatable bonds is 4. The first-order valence-corrected chi connectivity index (χ1v) is 7.04. The Hall–Kier alpha value is -2.11. The van der Waals surface area contributed by atoms with E-state index in [9.17, 15) is 4.79 Å². The molecule has 0 spiro atoms. The molecule has 2 rings (SSSR count). The van der Waals surface area contributed by atoms with E-state index in [0.29, 0.717) is 32.9 Å². The van der Waals surface area contributed by atoms with Crippen LogP contribution in [-0.2, 0) is 0 Å². The molecule has 0 atom stereocenters. The molecule has 2 N–H and O–H groups in total. The molecule has 2 aromatic carbocycles. The standard InChI is InChI=1S/C15H14Cl2N2O3/c1-21-9-6-7-13(22-2)12(8-9)18-15(20)19-14-10(16)4-3-5-11(14)17/h3-8H,1-2H3,(H2,18,19,20). The Morgan fingerprint density at radius 2 is 1.68 bits per heavy atom. The number of hydrogen-bond donors (Lipinski definition) is 2. The Labute approximate surface area is 138 Å². The smallest absolute Gasteiger partial charge is 0.323 e. The molecule has 5 nitrogen and oxygen atoms in total. The topological polar surface area (TPSA) is 59.6 Å². The van der Waals surface area contributed by atoms with E-state index in [-0.39, 0.29) is 0 Å². The normalized spacial score (nSPS) is 10.0. The molecular weight excluding hydrogens is 327 g/mol. The van der Waals surface area contributed by atoms with Gasteiger partial charge in [0.25, 0.3) is 0 Å². The van der Waals surface area contributed by atoms with E-state index in [1.54, 1.807) is 36.4 Å². The third-order valence-electron chi connectivity index (χ3n) is 2.86. The molecule has 0 aromatic heterocycles. The molecular formula is C15H14Cl2N2O3. The van der Waals surface area contributed by atoms with Gasteiger partial charge in [-0.1, -0.05) is 29.3 Å². The molecule has 0 bridgehead atoms. The number of carbonyl (C=O) groups is 1. The second-order valence-corrected chi connectivity index (χ2v) is 5.06. The van der Waals surface area contributed by atoms with Crippen LogP contribution < -0.4 is 20.1 Å². The summed E-state index contributed by atoms with van der Waals surface area (Å²) in [5.74, 6) is 1.09. The Balaban J connectivity index is 2.19. The van der Waals surface area contributed by atoms with Gasteiger partial charge in [-0.25, -0.2) is 4.79 Å². The first kappa shape index (κ1) is 16.3. The van der Waals surface area contributed by atoms with Crippen molar-refractivity contribution in [3.05, 3.63) is 46.4 Å². The van der Waals surface area contributed by atoms with Gasteiger partial charge in [-0.2, -0.15) is 0 Å². The highest BCUT2D eigenvalue weighted by Gasteiger charge is 2.12. The average molecular weight is 341 g/mol. The quantitative estimate of drug-likeness (QED) is 0.851. The van der Waals surface area contributed by atoms with Gasteiger partial charge in [0, 0.05) is 6.07 Å². The lowest BCUT2D eigenvalue weighted by Crippen LogP contribution is -2.20. The van der Waals surface area contributed by atoms with E-state index in [1.807, 2.05) is 0 Å². The first-order chi connectivity index (χ1) is 10.5. The Morgan fingerprint density at radius 3 is 2.27 bits per heavy atom. The maximum atomic E-state index is 12.1. The Kier molecular flexibility index (Phi) is 5.35. The van der Waals surface area contributed by atoms with Crippen LogP contribution in [0.5, 0.6) is 11.5 Å². The molecule has 2 aromatic rings. The van der Waals surface area contributed by atoms with Crippen molar-refractivity contribution in [1.82, 2.24) is 0 Å². The van der Waals surface area contributed by atoms with Crippen molar-refractivity contribution < 1.29 is 14.3 Å². The van der Waals surface area contributed by atoms with Crippen LogP contribution in [0.4, 0.5) is 16.2 Å². The van der Waals surface area contributed by atoms with Crippen LogP contribution in [0.1, 0.15) is 0 Å². The van der Waals surface area contributed by atoms with Crippen molar-refractivity contribution in [2.45, 2.75) is 0 Å². The van der Waals surface area contributed by atoms with Gasteiger partial charge in [0.15, 0.2) is 0 Å². The molecule has 7 heteroatoms. The fraction of sp³-hybridized carbons (Fsp3) is 0.133. The minimum Gasteiger partial charge on any atom is -0.497 e. The van der Waals surface area contributed by atoms with Crippen LogP contribution in [0.3, 0.4) is 0 Å². The molecule has 0 fully saturated rings. The molecule has 0 saturated carbocycles. The third kappa shape index (κ3) is 3.75. The number of para-hydroxylation sites is 1. The Bertz CT molecular complexity index is 672. The molecule has 0 aliphatic heterocycles. The maximum absolute atomic E-state index is 12.1. The molecule has 0 heterocycles. The van der Waals surface area contributed by atoms with Gasteiger partial charge < -0.3 is 20.1 Å². The highest BCUT2D eigenvalue weighted by atomic mass is 35.5. The number of nitrogens with one attached hydrogen (secondary N) is 2. The molecule has 0 aliphatic carbocycles. The van der Waals surface area contributed by atoms with E-state index in [2.05, 4.69) is 10.6 Å². The van der Waals surface area contributed by atoms with E-state index in [1.165, 1.54) is 14.2 Å². The summed E-state index contributed by atoms with van der Waals surface area (Å²) in [6.45, 7) is 0. The molecule has 116 valence electrons. The monoisotopic (exact) mass is 340 g/mol. The summed E-state index contributed by atoms with van der Waals surface area (Å²) < 4.78 is 10.3. The summed E-state index contributed by atoms with van der Waals surface area (Å²) in [6.07, 6.45) is 0. The molecule has 0 saturated heterocycles. The fourth-order valence-corrected chi connectivity index (χ4v) is 2.29. The second kappa shape index (κ2) is 7.24. The van der Waals surface area contributed by atoms with Gasteiger partial charge in [-0.05, 0) is 24.3 Å². The van der Waals surface area contributed by atoms with Crippen LogP contribution >= 0.6 is 23.2 Å². The van der Waals surface area contributed by atoms with E-state index in [4.69, 9.17) is 32.7 Å². The average Bonchev–Trinajstić information content (AvgIpc) is 2.51. The number of hydrogen-bond acceptors (Lipinski definition) is 3. The van der Waals surface area contributed by atoms with Gasteiger partial charge >= 0.3 is 6.03 Å². The van der Waals surface area contributed by atoms with E-state index >= 15 is 0 Å². The lowest BCUT2D eigenvalue weighted by atomic mass is 10.2. The predicted octanol–water partition coefficient (Wildman–Crippen LogP) is 4.65. The molecule has 0 unspecified atom stereocenters. The summed E-state index contributed by atoms with van der Waals surface area (Å²) in [7, 11) is 3.05. The van der Waals surface area contributed by atoms with Crippen molar-refractivity contribution >= 4 is 40.6 Å². The maximum Gasteiger partial charge on any atom is 0.323 e. The Morgan fingerprint density at radius 1 is 1.00 bits per heavy atom. The highest BCUT2D eigenvalue weighted by Crippen LogP contribution is 2.31. The predicted molar refractivity (Wildman–Crippen MR) is 88.6 cm³/mol. The van der Waals surface area contributed by atoms with Gasteiger partial charge in [-0.3, -0.25) is 0 Å². The van der Waals surface area contributed by atoms with Gasteiger partial charge in [0.2, 0.25) is 0 Å². The number of ether oxygens (including phenoxy) is 2. The summed E-state index contributed by atoms with van der Waals surface area (Å²) in [5, 5.41) is 5.97. The zero-order valence-corrected chi connectivity index (χ0v) is 13.5. The van der Waals surface area contributed by atoms with E-state index < -0.39 is 6.03 Å². The lowest BCUT2D eigenvalue weighted by Gasteiger charge is -2.13. The summed E-state index contributed by atoms with van der Waals surface area (Å²) in [5.41, 5.74) is 0.799. The van der Waals surface area contributed by atoms with Crippen molar-refractivity contribution in [2.75, 3.05) is 24.9 Å². The largest absolute Gasteiger partial charge is 0.497 e. The number of methoxy groups -OCH3 is 2. The fourth-order valence-electron chi connectivity index (χ4n) is 1.80. The minimum absolute atomic E-state index is 0.338. The van der Waals surface area contributed by atoms with Crippen molar-refractivity contribution in [2.24, 2.45) is 0 Å². The second-order valence-electron chi connectivity index (χ2n) is 4.24. The zero-order chi connectivity index (χ0) is 16.1. The highest BCUT2D eigenvalue weighted by molar-refractivity contribution is 6.39. The molecule has 2 amide bonds. The number of halogens is 2. The van der Waals surface area contributed by atoms with Crippen LogP contribution in [0, 0.1) is 0 Å². The van der Waals surface area contributed by atoms with Crippen molar-refractivity contribution in [3.63, 3.8) is 0 Å². The van der Waals surface area contributed by atoms with Crippen LogP contribution in [0.2, 0.25) is 10.0 Å². The summed E-state index contributed by atoms with van der Waals surface area (Å²) in [6, 6.07) is 9.53. The van der Waals surface area contributed by atoms with Gasteiger partial charge in [-0.15, -0.1) is 0 Å². The first-order valence-electron chi connectivity index (χ1n) is 6.29. The minimum atomic E-state index is -0.499. The summed E-state index contributed by atoms with van der Waals surface area (Å²) in [4.78, 5) is 12.1. The molecule has 0 radical (unpaired) electrons. The zero-order valence-electron chi connectivity index (χ0n) is 11.9. The number of urea groups is 1.